The maximum atomic E-state index is 12.4. The van der Waals surface area contributed by atoms with Crippen molar-refractivity contribution in [2.24, 2.45) is 0 Å². The van der Waals surface area contributed by atoms with Crippen LogP contribution in [-0.4, -0.2) is 54.5 Å². The van der Waals surface area contributed by atoms with E-state index >= 15 is 0 Å². The van der Waals surface area contributed by atoms with E-state index in [2.05, 4.69) is 4.90 Å². The second-order valence-corrected chi connectivity index (χ2v) is 7.73. The highest BCUT2D eigenvalue weighted by Crippen LogP contribution is 2.27. The standard InChI is InChI=1S/C19H26Cl2N2O2/c20-15-7-8-18(17(21)14-15)25-13-3-6-19(24)23-11-9-22(10-12-23)16-4-1-2-5-16/h7-8,14,16H,1-6,9-13H2. The van der Waals surface area contributed by atoms with Crippen LogP contribution in [0.5, 0.6) is 5.75 Å². The van der Waals surface area contributed by atoms with Crippen LogP contribution in [0.4, 0.5) is 0 Å². The molecule has 1 aliphatic heterocycles. The van der Waals surface area contributed by atoms with Crippen molar-refractivity contribution in [2.75, 3.05) is 32.8 Å². The molecule has 0 unspecified atom stereocenters. The monoisotopic (exact) mass is 384 g/mol. The number of nitrogens with zero attached hydrogens (tertiary/aromatic N) is 2. The smallest absolute Gasteiger partial charge is 0.222 e. The Morgan fingerprint density at radius 1 is 1.12 bits per heavy atom. The second-order valence-electron chi connectivity index (χ2n) is 6.88. The number of hydrogen-bond donors (Lipinski definition) is 0. The van der Waals surface area contributed by atoms with Gasteiger partial charge in [0, 0.05) is 43.7 Å². The summed E-state index contributed by atoms with van der Waals surface area (Å²) in [5.41, 5.74) is 0. The number of halogens is 2. The quantitative estimate of drug-likeness (QED) is 0.687. The van der Waals surface area contributed by atoms with Crippen molar-refractivity contribution in [1.82, 2.24) is 9.80 Å². The van der Waals surface area contributed by atoms with E-state index in [0.717, 1.165) is 32.2 Å². The molecule has 1 aromatic rings. The molecule has 1 aromatic carbocycles. The molecule has 3 rings (SSSR count). The van der Waals surface area contributed by atoms with Crippen LogP contribution in [0.15, 0.2) is 18.2 Å². The van der Waals surface area contributed by atoms with Crippen molar-refractivity contribution in [3.8, 4) is 5.75 Å². The van der Waals surface area contributed by atoms with E-state index in [0.29, 0.717) is 35.2 Å². The van der Waals surface area contributed by atoms with Crippen molar-refractivity contribution < 1.29 is 9.53 Å². The van der Waals surface area contributed by atoms with Gasteiger partial charge >= 0.3 is 0 Å². The highest BCUT2D eigenvalue weighted by atomic mass is 35.5. The molecular weight excluding hydrogens is 359 g/mol. The molecule has 2 fully saturated rings. The van der Waals surface area contributed by atoms with Crippen LogP contribution in [0.1, 0.15) is 38.5 Å². The van der Waals surface area contributed by atoms with Crippen LogP contribution in [0.25, 0.3) is 0 Å². The second kappa shape index (κ2) is 9.11. The topological polar surface area (TPSA) is 32.8 Å². The van der Waals surface area contributed by atoms with E-state index in [1.807, 2.05) is 4.90 Å². The lowest BCUT2D eigenvalue weighted by atomic mass is 10.1. The first-order valence-corrected chi connectivity index (χ1v) is 9.99. The zero-order valence-corrected chi connectivity index (χ0v) is 16.1. The van der Waals surface area contributed by atoms with Gasteiger partial charge in [0.25, 0.3) is 0 Å². The summed E-state index contributed by atoms with van der Waals surface area (Å²) in [5.74, 6) is 0.848. The molecule has 25 heavy (non-hydrogen) atoms. The van der Waals surface area contributed by atoms with Gasteiger partial charge in [0.2, 0.25) is 5.91 Å². The Morgan fingerprint density at radius 3 is 2.52 bits per heavy atom. The zero-order chi connectivity index (χ0) is 17.6. The van der Waals surface area contributed by atoms with Crippen LogP contribution < -0.4 is 4.74 Å². The number of carbonyl (C=O) groups is 1. The number of carbonyl (C=O) groups excluding carboxylic acids is 1. The Hall–Kier alpha value is -0.970. The SMILES string of the molecule is O=C(CCCOc1ccc(Cl)cc1Cl)N1CCN(C2CCCC2)CC1. The highest BCUT2D eigenvalue weighted by Gasteiger charge is 2.27. The van der Waals surface area contributed by atoms with E-state index in [1.54, 1.807) is 18.2 Å². The third-order valence-electron chi connectivity index (χ3n) is 5.19. The fraction of sp³-hybridized carbons (Fsp3) is 0.632. The highest BCUT2D eigenvalue weighted by molar-refractivity contribution is 6.35. The summed E-state index contributed by atoms with van der Waals surface area (Å²) in [4.78, 5) is 16.9. The number of hydrogen-bond acceptors (Lipinski definition) is 3. The minimum atomic E-state index is 0.233. The fourth-order valence-electron chi connectivity index (χ4n) is 3.76. The summed E-state index contributed by atoms with van der Waals surface area (Å²) in [5, 5.41) is 1.09. The molecule has 1 heterocycles. The normalized spacial score (nSPS) is 19.4. The third-order valence-corrected chi connectivity index (χ3v) is 5.72. The summed E-state index contributed by atoms with van der Waals surface area (Å²) in [6.07, 6.45) is 6.61. The summed E-state index contributed by atoms with van der Waals surface area (Å²) >= 11 is 11.9. The molecule has 0 bridgehead atoms. The average Bonchev–Trinajstić information content (AvgIpc) is 3.15. The molecular formula is C19H26Cl2N2O2. The molecule has 0 aromatic heterocycles. The maximum Gasteiger partial charge on any atom is 0.222 e. The lowest BCUT2D eigenvalue weighted by molar-refractivity contribution is -0.133. The Labute approximate surface area is 160 Å². The van der Waals surface area contributed by atoms with Crippen LogP contribution >= 0.6 is 23.2 Å². The number of rotatable bonds is 6. The van der Waals surface area contributed by atoms with Crippen LogP contribution in [0, 0.1) is 0 Å². The first kappa shape index (κ1) is 18.8. The van der Waals surface area contributed by atoms with E-state index in [1.165, 1.54) is 25.7 Å². The molecule has 0 radical (unpaired) electrons. The van der Waals surface area contributed by atoms with Gasteiger partial charge in [-0.25, -0.2) is 0 Å². The minimum absolute atomic E-state index is 0.233. The van der Waals surface area contributed by atoms with E-state index in [4.69, 9.17) is 27.9 Å². The van der Waals surface area contributed by atoms with Gasteiger partial charge in [-0.2, -0.15) is 0 Å². The first-order chi connectivity index (χ1) is 12.1. The Morgan fingerprint density at radius 2 is 1.84 bits per heavy atom. The van der Waals surface area contributed by atoms with Gasteiger partial charge in [-0.15, -0.1) is 0 Å². The van der Waals surface area contributed by atoms with Gasteiger partial charge in [-0.05, 0) is 37.5 Å². The average molecular weight is 385 g/mol. The lowest BCUT2D eigenvalue weighted by Crippen LogP contribution is -2.51. The first-order valence-electron chi connectivity index (χ1n) is 9.23. The molecule has 1 aliphatic carbocycles. The van der Waals surface area contributed by atoms with Gasteiger partial charge in [-0.3, -0.25) is 9.69 Å². The van der Waals surface area contributed by atoms with Crippen LogP contribution in [-0.2, 0) is 4.79 Å². The summed E-state index contributed by atoms with van der Waals surface area (Å²) in [7, 11) is 0. The molecule has 1 saturated carbocycles. The van der Waals surface area contributed by atoms with Gasteiger partial charge in [0.05, 0.1) is 11.6 Å². The van der Waals surface area contributed by atoms with Crippen LogP contribution in [0.3, 0.4) is 0 Å². The summed E-state index contributed by atoms with van der Waals surface area (Å²) < 4.78 is 5.64. The molecule has 4 nitrogen and oxygen atoms in total. The maximum absolute atomic E-state index is 12.4. The van der Waals surface area contributed by atoms with E-state index in [-0.39, 0.29) is 5.91 Å². The van der Waals surface area contributed by atoms with Gasteiger partial charge in [0.15, 0.2) is 0 Å². The fourth-order valence-corrected chi connectivity index (χ4v) is 4.22. The van der Waals surface area contributed by atoms with Crippen molar-refractivity contribution in [2.45, 2.75) is 44.6 Å². The number of amides is 1. The van der Waals surface area contributed by atoms with Crippen molar-refractivity contribution in [3.05, 3.63) is 28.2 Å². The molecule has 1 amide bonds. The largest absolute Gasteiger partial charge is 0.492 e. The molecule has 2 aliphatic rings. The van der Waals surface area contributed by atoms with Gasteiger partial charge in [-0.1, -0.05) is 36.0 Å². The Kier molecular flexibility index (Phi) is 6.85. The Bertz CT molecular complexity index is 583. The lowest BCUT2D eigenvalue weighted by Gasteiger charge is -2.38. The molecule has 0 atom stereocenters. The predicted molar refractivity (Wildman–Crippen MR) is 102 cm³/mol. The van der Waals surface area contributed by atoms with Crippen molar-refractivity contribution in [1.29, 1.82) is 0 Å². The number of piperazine rings is 1. The van der Waals surface area contributed by atoms with Crippen LogP contribution in [0.2, 0.25) is 10.0 Å². The van der Waals surface area contributed by atoms with E-state index in [9.17, 15) is 4.79 Å². The third kappa shape index (κ3) is 5.25. The van der Waals surface area contributed by atoms with E-state index < -0.39 is 0 Å². The molecule has 0 N–H and O–H groups in total. The van der Waals surface area contributed by atoms with Crippen molar-refractivity contribution in [3.63, 3.8) is 0 Å². The minimum Gasteiger partial charge on any atom is -0.492 e. The van der Waals surface area contributed by atoms with Gasteiger partial charge in [0.1, 0.15) is 5.75 Å². The zero-order valence-electron chi connectivity index (χ0n) is 14.6. The molecule has 138 valence electrons. The predicted octanol–water partition coefficient (Wildman–Crippen LogP) is 4.24. The molecule has 1 saturated heterocycles. The summed E-state index contributed by atoms with van der Waals surface area (Å²) in [6.45, 7) is 4.24. The summed E-state index contributed by atoms with van der Waals surface area (Å²) in [6, 6.07) is 5.93. The number of ether oxygens (including phenoxy) is 1. The number of benzene rings is 1. The molecule has 0 spiro atoms. The molecule has 6 heteroatoms. The van der Waals surface area contributed by atoms with Crippen molar-refractivity contribution >= 4 is 29.1 Å². The Balaban J connectivity index is 1.34. The van der Waals surface area contributed by atoms with Gasteiger partial charge < -0.3 is 9.64 Å².